The second-order valence-corrected chi connectivity index (χ2v) is 6.91. The number of hydrogen-bond donors (Lipinski definition) is 0. The number of carbonyl (C=O) groups excluding carboxylic acids is 1. The van der Waals surface area contributed by atoms with Crippen molar-refractivity contribution >= 4 is 49.4 Å². The Labute approximate surface area is 150 Å². The maximum atomic E-state index is 12.0. The Morgan fingerprint density at radius 1 is 1.14 bits per heavy atom. The molecular formula is C16H13Br2ClO3. The Hall–Kier alpha value is -1.04. The van der Waals surface area contributed by atoms with Crippen LogP contribution in [-0.2, 0) is 4.79 Å². The van der Waals surface area contributed by atoms with Gasteiger partial charge in [0.2, 0.25) is 0 Å². The second kappa shape index (κ2) is 7.49. The van der Waals surface area contributed by atoms with Gasteiger partial charge < -0.3 is 9.47 Å². The molecule has 0 bridgehead atoms. The summed E-state index contributed by atoms with van der Waals surface area (Å²) in [5.74, 6) is 0.632. The van der Waals surface area contributed by atoms with Gasteiger partial charge in [0.1, 0.15) is 11.5 Å². The predicted octanol–water partition coefficient (Wildman–Crippen LogP) is 5.47. The zero-order valence-corrected chi connectivity index (χ0v) is 15.9. The van der Waals surface area contributed by atoms with Crippen LogP contribution in [0.1, 0.15) is 11.1 Å². The van der Waals surface area contributed by atoms with Gasteiger partial charge in [-0.25, -0.2) is 4.79 Å². The van der Waals surface area contributed by atoms with Crippen LogP contribution in [0.15, 0.2) is 39.3 Å². The van der Waals surface area contributed by atoms with E-state index in [9.17, 15) is 4.79 Å². The first kappa shape index (κ1) is 17.3. The maximum absolute atomic E-state index is 12.0. The van der Waals surface area contributed by atoms with Gasteiger partial charge in [-0.2, -0.15) is 0 Å². The Kier molecular flexibility index (Phi) is 5.89. The van der Waals surface area contributed by atoms with Crippen LogP contribution in [0, 0.1) is 13.8 Å². The molecule has 0 atom stereocenters. The SMILES string of the molecule is Cc1cc(Br)cc(C)c1OC(=O)COc1ccc(Cl)cc1Br. The highest BCUT2D eigenvalue weighted by Crippen LogP contribution is 2.29. The highest BCUT2D eigenvalue weighted by Gasteiger charge is 2.12. The van der Waals surface area contributed by atoms with Crippen molar-refractivity contribution in [2.45, 2.75) is 13.8 Å². The highest BCUT2D eigenvalue weighted by atomic mass is 79.9. The lowest BCUT2D eigenvalue weighted by Gasteiger charge is -2.12. The second-order valence-electron chi connectivity index (χ2n) is 4.71. The van der Waals surface area contributed by atoms with Crippen molar-refractivity contribution < 1.29 is 14.3 Å². The number of hydrogen-bond acceptors (Lipinski definition) is 3. The van der Waals surface area contributed by atoms with Crippen molar-refractivity contribution in [2.24, 2.45) is 0 Å². The summed E-state index contributed by atoms with van der Waals surface area (Å²) in [5.41, 5.74) is 1.76. The third kappa shape index (κ3) is 4.48. The fourth-order valence-electron chi connectivity index (χ4n) is 1.93. The first-order chi connectivity index (χ1) is 10.4. The van der Waals surface area contributed by atoms with E-state index >= 15 is 0 Å². The molecule has 0 aliphatic carbocycles. The molecule has 0 amide bonds. The maximum Gasteiger partial charge on any atom is 0.349 e. The lowest BCUT2D eigenvalue weighted by Crippen LogP contribution is -2.18. The van der Waals surface area contributed by atoms with Gasteiger partial charge in [0.15, 0.2) is 6.61 Å². The van der Waals surface area contributed by atoms with Crippen LogP contribution in [0.3, 0.4) is 0 Å². The molecule has 0 spiro atoms. The van der Waals surface area contributed by atoms with E-state index < -0.39 is 5.97 Å². The zero-order chi connectivity index (χ0) is 16.3. The predicted molar refractivity (Wildman–Crippen MR) is 93.9 cm³/mol. The molecule has 0 heterocycles. The molecule has 0 saturated heterocycles. The van der Waals surface area contributed by atoms with E-state index in [0.717, 1.165) is 15.6 Å². The largest absolute Gasteiger partial charge is 0.481 e. The van der Waals surface area contributed by atoms with Crippen LogP contribution in [-0.4, -0.2) is 12.6 Å². The Bertz CT molecular complexity index is 694. The average molecular weight is 449 g/mol. The summed E-state index contributed by atoms with van der Waals surface area (Å²) in [4.78, 5) is 12.0. The van der Waals surface area contributed by atoms with Crippen molar-refractivity contribution in [3.05, 3.63) is 55.4 Å². The van der Waals surface area contributed by atoms with Gasteiger partial charge in [-0.05, 0) is 71.2 Å². The summed E-state index contributed by atoms with van der Waals surface area (Å²) >= 11 is 12.6. The minimum absolute atomic E-state index is 0.185. The first-order valence-corrected chi connectivity index (χ1v) is 8.38. The van der Waals surface area contributed by atoms with Gasteiger partial charge in [0.25, 0.3) is 0 Å². The van der Waals surface area contributed by atoms with Crippen LogP contribution in [0.2, 0.25) is 5.02 Å². The van der Waals surface area contributed by atoms with Gasteiger partial charge in [-0.3, -0.25) is 0 Å². The molecule has 2 rings (SSSR count). The molecule has 0 radical (unpaired) electrons. The summed E-state index contributed by atoms with van der Waals surface area (Å²) in [6.07, 6.45) is 0. The molecule has 2 aromatic rings. The Morgan fingerprint density at radius 3 is 2.36 bits per heavy atom. The summed E-state index contributed by atoms with van der Waals surface area (Å²) in [6, 6.07) is 8.87. The van der Waals surface area contributed by atoms with Crippen molar-refractivity contribution in [2.75, 3.05) is 6.61 Å². The smallest absolute Gasteiger partial charge is 0.349 e. The van der Waals surface area contributed by atoms with Gasteiger partial charge in [-0.15, -0.1) is 0 Å². The summed E-state index contributed by atoms with van der Waals surface area (Å²) in [5, 5.41) is 0.586. The van der Waals surface area contributed by atoms with E-state index in [1.165, 1.54) is 0 Å². The van der Waals surface area contributed by atoms with Gasteiger partial charge in [-0.1, -0.05) is 27.5 Å². The molecule has 0 aliphatic heterocycles. The zero-order valence-electron chi connectivity index (χ0n) is 12.0. The van der Waals surface area contributed by atoms with E-state index in [-0.39, 0.29) is 6.61 Å². The highest BCUT2D eigenvalue weighted by molar-refractivity contribution is 9.10. The molecule has 3 nitrogen and oxygen atoms in total. The molecular weight excluding hydrogens is 435 g/mol. The third-order valence-electron chi connectivity index (χ3n) is 2.88. The summed E-state index contributed by atoms with van der Waals surface area (Å²) < 4.78 is 12.5. The molecule has 22 heavy (non-hydrogen) atoms. The normalized spacial score (nSPS) is 10.4. The van der Waals surface area contributed by atoms with Crippen molar-refractivity contribution in [1.29, 1.82) is 0 Å². The summed E-state index contributed by atoms with van der Waals surface area (Å²) in [7, 11) is 0. The first-order valence-electron chi connectivity index (χ1n) is 6.42. The number of halogens is 3. The molecule has 116 valence electrons. The van der Waals surface area contributed by atoms with Gasteiger partial charge in [0.05, 0.1) is 4.47 Å². The molecule has 0 N–H and O–H groups in total. The van der Waals surface area contributed by atoms with Crippen molar-refractivity contribution in [3.63, 3.8) is 0 Å². The minimum Gasteiger partial charge on any atom is -0.481 e. The number of ether oxygens (including phenoxy) is 2. The summed E-state index contributed by atoms with van der Waals surface area (Å²) in [6.45, 7) is 3.59. The molecule has 0 saturated carbocycles. The van der Waals surface area contributed by atoms with E-state index in [2.05, 4.69) is 31.9 Å². The van der Waals surface area contributed by atoms with E-state index in [1.54, 1.807) is 18.2 Å². The van der Waals surface area contributed by atoms with Gasteiger partial charge >= 0.3 is 5.97 Å². The fraction of sp³-hybridized carbons (Fsp3) is 0.188. The van der Waals surface area contributed by atoms with E-state index in [1.807, 2.05) is 26.0 Å². The minimum atomic E-state index is -0.463. The lowest BCUT2D eigenvalue weighted by atomic mass is 10.1. The van der Waals surface area contributed by atoms with Gasteiger partial charge in [0, 0.05) is 9.50 Å². The monoisotopic (exact) mass is 446 g/mol. The molecule has 0 unspecified atom stereocenters. The molecule has 6 heteroatoms. The number of aryl methyl sites for hydroxylation is 2. The standard InChI is InChI=1S/C16H13Br2ClO3/c1-9-5-11(17)6-10(2)16(9)22-15(20)8-21-14-4-3-12(19)7-13(14)18/h3-7H,8H2,1-2H3. The van der Waals surface area contributed by atoms with Crippen LogP contribution in [0.4, 0.5) is 0 Å². The van der Waals surface area contributed by atoms with Crippen molar-refractivity contribution in [3.8, 4) is 11.5 Å². The third-order valence-corrected chi connectivity index (χ3v) is 4.19. The number of rotatable bonds is 4. The Morgan fingerprint density at radius 2 is 1.77 bits per heavy atom. The lowest BCUT2D eigenvalue weighted by molar-refractivity contribution is -0.136. The van der Waals surface area contributed by atoms with E-state index in [4.69, 9.17) is 21.1 Å². The average Bonchev–Trinajstić information content (AvgIpc) is 2.42. The molecule has 0 fully saturated rings. The molecule has 0 aliphatic rings. The number of carbonyl (C=O) groups is 1. The topological polar surface area (TPSA) is 35.5 Å². The quantitative estimate of drug-likeness (QED) is 0.460. The van der Waals surface area contributed by atoms with Crippen LogP contribution in [0.25, 0.3) is 0 Å². The number of benzene rings is 2. The van der Waals surface area contributed by atoms with Crippen molar-refractivity contribution in [1.82, 2.24) is 0 Å². The van der Waals surface area contributed by atoms with Crippen LogP contribution in [0.5, 0.6) is 11.5 Å². The fourth-order valence-corrected chi connectivity index (χ4v) is 3.41. The Balaban J connectivity index is 2.02. The molecule has 2 aromatic carbocycles. The van der Waals surface area contributed by atoms with E-state index in [0.29, 0.717) is 21.0 Å². The number of esters is 1. The van der Waals surface area contributed by atoms with Crippen LogP contribution >= 0.6 is 43.5 Å². The molecule has 0 aromatic heterocycles. The van der Waals surface area contributed by atoms with Crippen LogP contribution < -0.4 is 9.47 Å².